The summed E-state index contributed by atoms with van der Waals surface area (Å²) in [6, 6.07) is 23.6. The summed E-state index contributed by atoms with van der Waals surface area (Å²) < 4.78 is 9.26. The lowest BCUT2D eigenvalue weighted by atomic mass is 10.1. The summed E-state index contributed by atoms with van der Waals surface area (Å²) in [6.45, 7) is 2.70. The van der Waals surface area contributed by atoms with E-state index >= 15 is 0 Å². The van der Waals surface area contributed by atoms with Gasteiger partial charge in [0.2, 0.25) is 0 Å². The van der Waals surface area contributed by atoms with Gasteiger partial charge in [0.05, 0.1) is 18.4 Å². The number of benzene rings is 2. The number of aromatic nitrogens is 5. The van der Waals surface area contributed by atoms with Gasteiger partial charge in [0.1, 0.15) is 11.4 Å². The number of aryl methyl sites for hydroxylation is 2. The summed E-state index contributed by atoms with van der Waals surface area (Å²) in [6.07, 6.45) is 2.60. The standard InChI is InChI=1S/C27H25N5O2S/c1-19-12-14-31-24(16-19)28-21(17-25(31)33)18-35-27-30-29-26(22-10-6-7-11-23(22)34-2)32(27)15-13-20-8-4-3-5-9-20/h3-12,14,16-17H,13,15,18H2,1-2H3. The molecule has 0 aliphatic carbocycles. The highest BCUT2D eigenvalue weighted by molar-refractivity contribution is 7.98. The Labute approximate surface area is 207 Å². The fourth-order valence-corrected chi connectivity index (χ4v) is 4.83. The predicted molar refractivity (Wildman–Crippen MR) is 138 cm³/mol. The minimum absolute atomic E-state index is 0.0918. The van der Waals surface area contributed by atoms with E-state index in [4.69, 9.17) is 9.72 Å². The molecule has 176 valence electrons. The smallest absolute Gasteiger partial charge is 0.258 e. The van der Waals surface area contributed by atoms with E-state index in [1.165, 1.54) is 17.3 Å². The monoisotopic (exact) mass is 483 g/mol. The average molecular weight is 484 g/mol. The van der Waals surface area contributed by atoms with Gasteiger partial charge in [-0.25, -0.2) is 4.98 Å². The lowest BCUT2D eigenvalue weighted by molar-refractivity contribution is 0.415. The van der Waals surface area contributed by atoms with E-state index in [-0.39, 0.29) is 5.56 Å². The summed E-state index contributed by atoms with van der Waals surface area (Å²) in [4.78, 5) is 17.3. The lowest BCUT2D eigenvalue weighted by Crippen LogP contribution is -2.15. The molecule has 0 saturated heterocycles. The van der Waals surface area contributed by atoms with Crippen molar-refractivity contribution in [1.82, 2.24) is 24.1 Å². The molecule has 0 amide bonds. The average Bonchev–Trinajstić information content (AvgIpc) is 3.29. The molecular formula is C27H25N5O2S. The van der Waals surface area contributed by atoms with Gasteiger partial charge in [-0.15, -0.1) is 10.2 Å². The van der Waals surface area contributed by atoms with Crippen LogP contribution in [0.3, 0.4) is 0 Å². The first kappa shape index (κ1) is 22.9. The Balaban J connectivity index is 1.47. The van der Waals surface area contributed by atoms with Gasteiger partial charge < -0.3 is 9.30 Å². The number of methoxy groups -OCH3 is 1. The van der Waals surface area contributed by atoms with Crippen LogP contribution in [0.5, 0.6) is 5.75 Å². The number of para-hydroxylation sites is 1. The summed E-state index contributed by atoms with van der Waals surface area (Å²) in [7, 11) is 1.66. The molecule has 0 radical (unpaired) electrons. The molecule has 2 aromatic carbocycles. The van der Waals surface area contributed by atoms with Gasteiger partial charge in [-0.2, -0.15) is 0 Å². The molecular weight excluding hydrogens is 458 g/mol. The minimum atomic E-state index is -0.0918. The molecule has 8 heteroatoms. The second-order valence-electron chi connectivity index (χ2n) is 8.20. The van der Waals surface area contributed by atoms with Crippen molar-refractivity contribution in [3.8, 4) is 17.1 Å². The Morgan fingerprint density at radius 3 is 2.60 bits per heavy atom. The molecule has 5 rings (SSSR count). The first-order valence-corrected chi connectivity index (χ1v) is 12.3. The van der Waals surface area contributed by atoms with Crippen LogP contribution in [0.25, 0.3) is 17.0 Å². The first-order chi connectivity index (χ1) is 17.1. The van der Waals surface area contributed by atoms with Crippen LogP contribution in [0.15, 0.2) is 88.9 Å². The third-order valence-corrected chi connectivity index (χ3v) is 6.76. The highest BCUT2D eigenvalue weighted by atomic mass is 32.2. The second kappa shape index (κ2) is 10.1. The van der Waals surface area contributed by atoms with Crippen LogP contribution in [0.1, 0.15) is 16.8 Å². The molecule has 7 nitrogen and oxygen atoms in total. The van der Waals surface area contributed by atoms with Gasteiger partial charge in [-0.1, -0.05) is 54.2 Å². The molecule has 0 aliphatic rings. The zero-order valence-corrected chi connectivity index (χ0v) is 20.4. The maximum absolute atomic E-state index is 12.6. The third-order valence-electron chi connectivity index (χ3n) is 5.76. The van der Waals surface area contributed by atoms with E-state index in [1.807, 2.05) is 61.5 Å². The number of hydrogen-bond acceptors (Lipinski definition) is 6. The third kappa shape index (κ3) is 4.97. The van der Waals surface area contributed by atoms with Crippen molar-refractivity contribution in [2.45, 2.75) is 30.8 Å². The van der Waals surface area contributed by atoms with E-state index < -0.39 is 0 Å². The van der Waals surface area contributed by atoms with Crippen LogP contribution in [-0.2, 0) is 18.7 Å². The van der Waals surface area contributed by atoms with Crippen LogP contribution < -0.4 is 10.3 Å². The highest BCUT2D eigenvalue weighted by Crippen LogP contribution is 2.32. The molecule has 0 saturated carbocycles. The summed E-state index contributed by atoms with van der Waals surface area (Å²) in [5.41, 5.74) is 4.45. The zero-order chi connectivity index (χ0) is 24.2. The normalized spacial score (nSPS) is 11.1. The Hall–Kier alpha value is -3.91. The molecule has 0 fully saturated rings. The Morgan fingerprint density at radius 1 is 0.971 bits per heavy atom. The molecule has 0 N–H and O–H groups in total. The number of thioether (sulfide) groups is 1. The highest BCUT2D eigenvalue weighted by Gasteiger charge is 2.18. The Bertz CT molecular complexity index is 1530. The Kier molecular flexibility index (Phi) is 6.63. The largest absolute Gasteiger partial charge is 0.496 e. The van der Waals surface area contributed by atoms with E-state index in [1.54, 1.807) is 23.8 Å². The number of hydrogen-bond donors (Lipinski definition) is 0. The maximum Gasteiger partial charge on any atom is 0.258 e. The summed E-state index contributed by atoms with van der Waals surface area (Å²) >= 11 is 1.52. The SMILES string of the molecule is COc1ccccc1-c1nnc(SCc2cc(=O)n3ccc(C)cc3n2)n1CCc1ccccc1. The Morgan fingerprint density at radius 2 is 1.77 bits per heavy atom. The molecule has 0 bridgehead atoms. The fraction of sp³-hybridized carbons (Fsp3) is 0.185. The van der Waals surface area contributed by atoms with Gasteiger partial charge in [0.25, 0.3) is 5.56 Å². The molecule has 0 spiro atoms. The maximum atomic E-state index is 12.6. The van der Waals surface area contributed by atoms with Crippen LogP contribution >= 0.6 is 11.8 Å². The molecule has 3 aromatic heterocycles. The van der Waals surface area contributed by atoms with Crippen molar-refractivity contribution >= 4 is 17.4 Å². The second-order valence-corrected chi connectivity index (χ2v) is 9.14. The molecule has 35 heavy (non-hydrogen) atoms. The van der Waals surface area contributed by atoms with Crippen molar-refractivity contribution in [1.29, 1.82) is 0 Å². The number of fused-ring (bicyclic) bond motifs is 1. The predicted octanol–water partition coefficient (Wildman–Crippen LogP) is 4.81. The van der Waals surface area contributed by atoms with E-state index in [0.717, 1.165) is 34.3 Å². The van der Waals surface area contributed by atoms with Crippen LogP contribution in [0.4, 0.5) is 0 Å². The first-order valence-electron chi connectivity index (χ1n) is 11.3. The van der Waals surface area contributed by atoms with Crippen molar-refractivity contribution in [2.75, 3.05) is 7.11 Å². The molecule has 5 aromatic rings. The topological polar surface area (TPSA) is 74.3 Å². The molecule has 0 unspecified atom stereocenters. The van der Waals surface area contributed by atoms with Gasteiger partial charge in [-0.3, -0.25) is 9.20 Å². The van der Waals surface area contributed by atoms with Gasteiger partial charge in [0, 0.05) is 24.6 Å². The van der Waals surface area contributed by atoms with Gasteiger partial charge >= 0.3 is 0 Å². The van der Waals surface area contributed by atoms with E-state index in [9.17, 15) is 4.79 Å². The molecule has 3 heterocycles. The zero-order valence-electron chi connectivity index (χ0n) is 19.6. The van der Waals surface area contributed by atoms with Crippen LogP contribution in [0, 0.1) is 6.92 Å². The van der Waals surface area contributed by atoms with Crippen LogP contribution in [0.2, 0.25) is 0 Å². The van der Waals surface area contributed by atoms with Crippen molar-refractivity contribution in [3.63, 3.8) is 0 Å². The minimum Gasteiger partial charge on any atom is -0.496 e. The number of rotatable bonds is 8. The van der Waals surface area contributed by atoms with Crippen molar-refractivity contribution < 1.29 is 4.74 Å². The number of ether oxygens (including phenoxy) is 1. The number of pyridine rings is 1. The van der Waals surface area contributed by atoms with E-state index in [0.29, 0.717) is 23.6 Å². The molecule has 0 aliphatic heterocycles. The van der Waals surface area contributed by atoms with Gasteiger partial charge in [0.15, 0.2) is 11.0 Å². The fourth-order valence-electron chi connectivity index (χ4n) is 3.98. The van der Waals surface area contributed by atoms with Crippen molar-refractivity contribution in [3.05, 3.63) is 106 Å². The molecule has 0 atom stereocenters. The van der Waals surface area contributed by atoms with E-state index in [2.05, 4.69) is 26.9 Å². The lowest BCUT2D eigenvalue weighted by Gasteiger charge is -2.12. The van der Waals surface area contributed by atoms with Crippen molar-refractivity contribution in [2.24, 2.45) is 0 Å². The summed E-state index contributed by atoms with van der Waals surface area (Å²) in [5.74, 6) is 2.01. The van der Waals surface area contributed by atoms with Gasteiger partial charge in [-0.05, 0) is 48.7 Å². The van der Waals surface area contributed by atoms with Crippen LogP contribution in [-0.4, -0.2) is 31.3 Å². The summed E-state index contributed by atoms with van der Waals surface area (Å²) in [5, 5.41) is 9.80. The number of nitrogens with zero attached hydrogens (tertiary/aromatic N) is 5. The quantitative estimate of drug-likeness (QED) is 0.295.